The van der Waals surface area contributed by atoms with E-state index in [9.17, 15) is 9.59 Å². The first-order valence-corrected chi connectivity index (χ1v) is 10.5. The Morgan fingerprint density at radius 2 is 1.87 bits per heavy atom. The van der Waals surface area contributed by atoms with Crippen LogP contribution < -0.4 is 10.1 Å². The molecule has 2 aromatic rings. The number of esters is 1. The standard InChI is InChI=1S/C23H25Cl2NO5/c1-5-30-23(28)21(31-14(2)3)11-15-6-9-20(29-4)16(10-15)12-22(27)26-19-8-7-17(24)13-18(19)25/h6-11,13-14H,5,12H2,1-4H3,(H,26,27)/b21-11-. The minimum absolute atomic E-state index is 0.0313. The summed E-state index contributed by atoms with van der Waals surface area (Å²) in [5.41, 5.74) is 1.75. The molecule has 1 N–H and O–H groups in total. The Bertz CT molecular complexity index is 972. The second-order valence-corrected chi connectivity index (χ2v) is 7.66. The number of carbonyl (C=O) groups excluding carboxylic acids is 2. The van der Waals surface area contributed by atoms with Gasteiger partial charge in [-0.1, -0.05) is 29.3 Å². The van der Waals surface area contributed by atoms with Gasteiger partial charge in [-0.15, -0.1) is 0 Å². The van der Waals surface area contributed by atoms with Crippen LogP contribution in [0, 0.1) is 0 Å². The molecular formula is C23H25Cl2NO5. The highest BCUT2D eigenvalue weighted by atomic mass is 35.5. The monoisotopic (exact) mass is 465 g/mol. The van der Waals surface area contributed by atoms with E-state index in [4.69, 9.17) is 37.4 Å². The van der Waals surface area contributed by atoms with Gasteiger partial charge in [-0.2, -0.15) is 0 Å². The fourth-order valence-electron chi connectivity index (χ4n) is 2.73. The molecule has 0 saturated carbocycles. The molecule has 31 heavy (non-hydrogen) atoms. The Kier molecular flexibility index (Phi) is 9.21. The Morgan fingerprint density at radius 3 is 2.48 bits per heavy atom. The van der Waals surface area contributed by atoms with Gasteiger partial charge in [-0.3, -0.25) is 4.79 Å². The lowest BCUT2D eigenvalue weighted by Gasteiger charge is -2.14. The second-order valence-electron chi connectivity index (χ2n) is 6.82. The highest BCUT2D eigenvalue weighted by Gasteiger charge is 2.16. The van der Waals surface area contributed by atoms with E-state index in [1.54, 1.807) is 49.4 Å². The molecule has 0 radical (unpaired) electrons. The van der Waals surface area contributed by atoms with Crippen molar-refractivity contribution < 1.29 is 23.8 Å². The van der Waals surface area contributed by atoms with Crippen LogP contribution in [0.4, 0.5) is 5.69 Å². The first-order valence-electron chi connectivity index (χ1n) is 9.70. The lowest BCUT2D eigenvalue weighted by molar-refractivity contribution is -0.143. The zero-order valence-corrected chi connectivity index (χ0v) is 19.3. The Hall–Kier alpha value is -2.70. The van der Waals surface area contributed by atoms with E-state index >= 15 is 0 Å². The zero-order valence-electron chi connectivity index (χ0n) is 17.8. The predicted octanol–water partition coefficient (Wildman–Crippen LogP) is 5.51. The van der Waals surface area contributed by atoms with E-state index in [0.717, 1.165) is 0 Å². The van der Waals surface area contributed by atoms with Gasteiger partial charge in [0.05, 0.1) is 37.0 Å². The van der Waals surface area contributed by atoms with Gasteiger partial charge in [0.1, 0.15) is 5.75 Å². The number of ether oxygens (including phenoxy) is 3. The maximum atomic E-state index is 12.6. The molecule has 2 aromatic carbocycles. The van der Waals surface area contributed by atoms with E-state index in [1.165, 1.54) is 7.11 Å². The molecule has 0 aromatic heterocycles. The molecule has 0 aliphatic carbocycles. The van der Waals surface area contributed by atoms with Crippen molar-refractivity contribution >= 4 is 46.8 Å². The van der Waals surface area contributed by atoms with Crippen LogP contribution in [0.2, 0.25) is 10.0 Å². The summed E-state index contributed by atoms with van der Waals surface area (Å²) < 4.78 is 16.0. The summed E-state index contributed by atoms with van der Waals surface area (Å²) in [6.07, 6.45) is 1.40. The quantitative estimate of drug-likeness (QED) is 0.300. The maximum Gasteiger partial charge on any atom is 0.373 e. The Morgan fingerprint density at radius 1 is 1.13 bits per heavy atom. The number of methoxy groups -OCH3 is 1. The molecule has 0 saturated heterocycles. The first kappa shape index (κ1) is 24.6. The lowest BCUT2D eigenvalue weighted by Crippen LogP contribution is -2.15. The fraction of sp³-hybridized carbons (Fsp3) is 0.304. The molecule has 0 heterocycles. The van der Waals surface area contributed by atoms with Gasteiger partial charge in [-0.05, 0) is 62.7 Å². The maximum absolute atomic E-state index is 12.6. The van der Waals surface area contributed by atoms with Gasteiger partial charge < -0.3 is 19.5 Å². The van der Waals surface area contributed by atoms with Gasteiger partial charge in [-0.25, -0.2) is 4.79 Å². The number of nitrogens with one attached hydrogen (secondary N) is 1. The number of amides is 1. The average Bonchev–Trinajstić information content (AvgIpc) is 2.69. The summed E-state index contributed by atoms with van der Waals surface area (Å²) in [5, 5.41) is 3.58. The molecule has 8 heteroatoms. The van der Waals surface area contributed by atoms with Crippen LogP contribution in [0.25, 0.3) is 6.08 Å². The number of carbonyl (C=O) groups is 2. The van der Waals surface area contributed by atoms with E-state index in [1.807, 2.05) is 13.8 Å². The Labute approximate surface area is 192 Å². The van der Waals surface area contributed by atoms with Crippen molar-refractivity contribution in [1.82, 2.24) is 0 Å². The molecule has 2 rings (SSSR count). The van der Waals surface area contributed by atoms with Crippen molar-refractivity contribution in [2.45, 2.75) is 33.3 Å². The van der Waals surface area contributed by atoms with Crippen LogP contribution in [0.5, 0.6) is 5.75 Å². The fourth-order valence-corrected chi connectivity index (χ4v) is 3.19. The third-order valence-electron chi connectivity index (χ3n) is 4.00. The molecule has 166 valence electrons. The van der Waals surface area contributed by atoms with Crippen molar-refractivity contribution in [1.29, 1.82) is 0 Å². The summed E-state index contributed by atoms with van der Waals surface area (Å²) in [6, 6.07) is 10.1. The average molecular weight is 466 g/mol. The smallest absolute Gasteiger partial charge is 0.373 e. The van der Waals surface area contributed by atoms with E-state index in [0.29, 0.717) is 32.6 Å². The van der Waals surface area contributed by atoms with E-state index < -0.39 is 5.97 Å². The lowest BCUT2D eigenvalue weighted by atomic mass is 10.1. The number of hydrogen-bond acceptors (Lipinski definition) is 5. The minimum Gasteiger partial charge on any atom is -0.496 e. The molecule has 0 spiro atoms. The molecule has 0 aliphatic rings. The molecule has 0 unspecified atom stereocenters. The van der Waals surface area contributed by atoms with Crippen LogP contribution >= 0.6 is 23.2 Å². The Balaban J connectivity index is 2.27. The van der Waals surface area contributed by atoms with E-state index in [-0.39, 0.29) is 30.8 Å². The minimum atomic E-state index is -0.552. The first-order chi connectivity index (χ1) is 14.7. The van der Waals surface area contributed by atoms with Gasteiger partial charge >= 0.3 is 5.97 Å². The summed E-state index contributed by atoms with van der Waals surface area (Å²) in [7, 11) is 1.52. The van der Waals surface area contributed by atoms with Crippen molar-refractivity contribution in [3.63, 3.8) is 0 Å². The number of benzene rings is 2. The van der Waals surface area contributed by atoms with Gasteiger partial charge in [0, 0.05) is 10.6 Å². The van der Waals surface area contributed by atoms with Crippen molar-refractivity contribution in [3.05, 3.63) is 63.3 Å². The van der Waals surface area contributed by atoms with Crippen LogP contribution in [-0.4, -0.2) is 31.7 Å². The summed E-state index contributed by atoms with van der Waals surface area (Å²) in [4.78, 5) is 24.8. The number of halogens is 2. The largest absolute Gasteiger partial charge is 0.496 e. The molecule has 0 bridgehead atoms. The molecule has 6 nitrogen and oxygen atoms in total. The normalized spacial score (nSPS) is 11.3. The third kappa shape index (κ3) is 7.49. The van der Waals surface area contributed by atoms with Crippen LogP contribution in [0.15, 0.2) is 42.2 Å². The third-order valence-corrected chi connectivity index (χ3v) is 4.55. The van der Waals surface area contributed by atoms with Gasteiger partial charge in [0.2, 0.25) is 11.7 Å². The second kappa shape index (κ2) is 11.6. The van der Waals surface area contributed by atoms with Crippen LogP contribution in [0.3, 0.4) is 0 Å². The number of rotatable bonds is 9. The summed E-state index contributed by atoms with van der Waals surface area (Å²) in [6.45, 7) is 5.60. The van der Waals surface area contributed by atoms with Gasteiger partial charge in [0.15, 0.2) is 0 Å². The SMILES string of the molecule is CCOC(=O)/C(=C/c1ccc(OC)c(CC(=O)Nc2ccc(Cl)cc2Cl)c1)OC(C)C. The highest BCUT2D eigenvalue weighted by molar-refractivity contribution is 6.36. The van der Waals surface area contributed by atoms with Crippen molar-refractivity contribution in [3.8, 4) is 5.75 Å². The highest BCUT2D eigenvalue weighted by Crippen LogP contribution is 2.27. The zero-order chi connectivity index (χ0) is 23.0. The summed E-state index contributed by atoms with van der Waals surface area (Å²) in [5.74, 6) is -0.210. The van der Waals surface area contributed by atoms with Crippen molar-refractivity contribution in [2.24, 2.45) is 0 Å². The molecule has 1 amide bonds. The van der Waals surface area contributed by atoms with Gasteiger partial charge in [0.25, 0.3) is 0 Å². The topological polar surface area (TPSA) is 73.9 Å². The molecular weight excluding hydrogens is 441 g/mol. The van der Waals surface area contributed by atoms with E-state index in [2.05, 4.69) is 5.32 Å². The van der Waals surface area contributed by atoms with Crippen LogP contribution in [-0.2, 0) is 25.5 Å². The number of anilines is 1. The molecule has 0 fully saturated rings. The van der Waals surface area contributed by atoms with Crippen LogP contribution in [0.1, 0.15) is 31.9 Å². The predicted molar refractivity (Wildman–Crippen MR) is 123 cm³/mol. The number of hydrogen-bond donors (Lipinski definition) is 1. The molecule has 0 aliphatic heterocycles. The van der Waals surface area contributed by atoms with Crippen molar-refractivity contribution in [2.75, 3.05) is 19.0 Å². The summed E-state index contributed by atoms with van der Waals surface area (Å²) >= 11 is 12.0. The molecule has 0 atom stereocenters.